The number of benzene rings is 5. The Balaban J connectivity index is 1.24. The van der Waals surface area contributed by atoms with Gasteiger partial charge in [-0.25, -0.2) is 4.79 Å². The SMILES string of the molecule is O=C(O)C(c1ccccc1)n1ccc2cc(-c3ccc(-c4cccc5c4oc4ccccc45)cc3)ccc21. The number of hydrogen-bond acceptors (Lipinski definition) is 2. The maximum atomic E-state index is 12.2. The van der Waals surface area contributed by atoms with E-state index in [-0.39, 0.29) is 0 Å². The van der Waals surface area contributed by atoms with Crippen molar-refractivity contribution in [1.82, 2.24) is 4.57 Å². The summed E-state index contributed by atoms with van der Waals surface area (Å²) in [6.45, 7) is 0. The van der Waals surface area contributed by atoms with Gasteiger partial charge >= 0.3 is 5.97 Å². The van der Waals surface area contributed by atoms with Gasteiger partial charge in [0.05, 0.1) is 0 Å². The van der Waals surface area contributed by atoms with E-state index in [1.807, 2.05) is 71.4 Å². The van der Waals surface area contributed by atoms with Crippen LogP contribution in [-0.2, 0) is 4.79 Å². The Hall–Kier alpha value is -5.09. The zero-order valence-electron chi connectivity index (χ0n) is 20.4. The molecule has 4 nitrogen and oxygen atoms in total. The summed E-state index contributed by atoms with van der Waals surface area (Å²) >= 11 is 0. The largest absolute Gasteiger partial charge is 0.479 e. The number of carboxylic acid groups (broad SMARTS) is 1. The van der Waals surface area contributed by atoms with Crippen LogP contribution < -0.4 is 0 Å². The lowest BCUT2D eigenvalue weighted by atomic mass is 9.98. The van der Waals surface area contributed by atoms with Gasteiger partial charge in [-0.05, 0) is 46.5 Å². The average Bonchev–Trinajstić information content (AvgIpc) is 3.55. The van der Waals surface area contributed by atoms with Crippen LogP contribution in [0.3, 0.4) is 0 Å². The van der Waals surface area contributed by atoms with Gasteiger partial charge in [0.25, 0.3) is 0 Å². The lowest BCUT2D eigenvalue weighted by Gasteiger charge is -2.16. The number of aliphatic carboxylic acids is 1. The van der Waals surface area contributed by atoms with Crippen LogP contribution in [0.4, 0.5) is 0 Å². The normalized spacial score (nSPS) is 12.3. The number of nitrogens with zero attached hydrogens (tertiary/aromatic N) is 1. The highest BCUT2D eigenvalue weighted by Crippen LogP contribution is 2.36. The Morgan fingerprint density at radius 1 is 0.684 bits per heavy atom. The molecular formula is C34H23NO3. The first-order chi connectivity index (χ1) is 18.7. The summed E-state index contributed by atoms with van der Waals surface area (Å²) < 4.78 is 8.05. The van der Waals surface area contributed by atoms with Gasteiger partial charge in [0.15, 0.2) is 6.04 Å². The predicted octanol–water partition coefficient (Wildman–Crippen LogP) is 8.55. The highest BCUT2D eigenvalue weighted by Gasteiger charge is 2.23. The van der Waals surface area contributed by atoms with Gasteiger partial charge in [-0.2, -0.15) is 0 Å². The molecule has 2 aromatic heterocycles. The van der Waals surface area contributed by atoms with Crippen LogP contribution >= 0.6 is 0 Å². The van der Waals surface area contributed by atoms with Crippen molar-refractivity contribution < 1.29 is 14.3 Å². The van der Waals surface area contributed by atoms with Crippen LogP contribution in [0, 0.1) is 0 Å². The van der Waals surface area contributed by atoms with Crippen molar-refractivity contribution in [3.63, 3.8) is 0 Å². The Kier molecular flexibility index (Phi) is 5.12. The van der Waals surface area contributed by atoms with E-state index >= 15 is 0 Å². The van der Waals surface area contributed by atoms with Crippen molar-refractivity contribution in [1.29, 1.82) is 0 Å². The molecule has 2 heterocycles. The quantitative estimate of drug-likeness (QED) is 0.261. The molecule has 7 rings (SSSR count). The molecule has 4 heteroatoms. The molecule has 0 bridgehead atoms. The molecule has 1 atom stereocenters. The number of carboxylic acids is 1. The molecule has 7 aromatic rings. The third-order valence-electron chi connectivity index (χ3n) is 7.28. The number of para-hydroxylation sites is 2. The second kappa shape index (κ2) is 8.79. The molecule has 0 aliphatic carbocycles. The van der Waals surface area contributed by atoms with Gasteiger partial charge in [0.2, 0.25) is 0 Å². The summed E-state index contributed by atoms with van der Waals surface area (Å²) in [6.07, 6.45) is 1.86. The zero-order chi connectivity index (χ0) is 25.6. The first-order valence-corrected chi connectivity index (χ1v) is 12.6. The first-order valence-electron chi connectivity index (χ1n) is 12.6. The van der Waals surface area contributed by atoms with E-state index in [4.69, 9.17) is 4.42 Å². The standard InChI is InChI=1S/C34H23NO3/c36-34(37)32(24-7-2-1-3-8-24)35-20-19-26-21-25(17-18-30(26)35)22-13-15-23(16-14-22)27-10-6-11-29-28-9-4-5-12-31(28)38-33(27)29/h1-21,32H,(H,36,37). The minimum absolute atomic E-state index is 0.747. The lowest BCUT2D eigenvalue weighted by Crippen LogP contribution is -2.19. The second-order valence-corrected chi connectivity index (χ2v) is 9.51. The summed E-state index contributed by atoms with van der Waals surface area (Å²) in [4.78, 5) is 12.2. The van der Waals surface area contributed by atoms with Crippen LogP contribution in [0.15, 0.2) is 132 Å². The molecule has 0 saturated heterocycles. The van der Waals surface area contributed by atoms with Crippen LogP contribution in [0.2, 0.25) is 0 Å². The molecule has 0 fully saturated rings. The van der Waals surface area contributed by atoms with E-state index < -0.39 is 12.0 Å². The van der Waals surface area contributed by atoms with Gasteiger partial charge in [-0.15, -0.1) is 0 Å². The molecule has 182 valence electrons. The highest BCUT2D eigenvalue weighted by molar-refractivity contribution is 6.09. The second-order valence-electron chi connectivity index (χ2n) is 9.51. The molecule has 0 aliphatic rings. The molecular weight excluding hydrogens is 470 g/mol. The monoisotopic (exact) mass is 493 g/mol. The van der Waals surface area contributed by atoms with Crippen molar-refractivity contribution in [2.75, 3.05) is 0 Å². The maximum absolute atomic E-state index is 12.2. The van der Waals surface area contributed by atoms with Crippen molar-refractivity contribution in [2.24, 2.45) is 0 Å². The molecule has 0 amide bonds. The fraction of sp³-hybridized carbons (Fsp3) is 0.0294. The summed E-state index contributed by atoms with van der Waals surface area (Å²) in [7, 11) is 0. The number of carbonyl (C=O) groups is 1. The van der Waals surface area contributed by atoms with E-state index in [2.05, 4.69) is 60.7 Å². The lowest BCUT2D eigenvalue weighted by molar-refractivity contribution is -0.139. The van der Waals surface area contributed by atoms with Crippen molar-refractivity contribution in [3.8, 4) is 22.3 Å². The van der Waals surface area contributed by atoms with Crippen LogP contribution in [0.5, 0.6) is 0 Å². The molecule has 38 heavy (non-hydrogen) atoms. The molecule has 0 aliphatic heterocycles. The molecule has 0 spiro atoms. The maximum Gasteiger partial charge on any atom is 0.331 e. The van der Waals surface area contributed by atoms with E-state index in [0.29, 0.717) is 0 Å². The minimum Gasteiger partial charge on any atom is -0.479 e. The molecule has 1 N–H and O–H groups in total. The van der Waals surface area contributed by atoms with Gasteiger partial charge in [0.1, 0.15) is 11.2 Å². The minimum atomic E-state index is -0.882. The summed E-state index contributed by atoms with van der Waals surface area (Å²) in [5, 5.41) is 13.2. The topological polar surface area (TPSA) is 55.4 Å². The van der Waals surface area contributed by atoms with Crippen molar-refractivity contribution in [3.05, 3.63) is 133 Å². The van der Waals surface area contributed by atoms with E-state index in [1.165, 1.54) is 0 Å². The van der Waals surface area contributed by atoms with Gasteiger partial charge in [0, 0.05) is 33.4 Å². The number of furan rings is 1. The summed E-state index contributed by atoms with van der Waals surface area (Å²) in [5.74, 6) is -0.882. The molecule has 0 saturated carbocycles. The van der Waals surface area contributed by atoms with Gasteiger partial charge in [-0.1, -0.05) is 97.1 Å². The first kappa shape index (κ1) is 22.1. The molecule has 1 unspecified atom stereocenters. The Morgan fingerprint density at radius 3 is 2.21 bits per heavy atom. The number of fused-ring (bicyclic) bond motifs is 4. The highest BCUT2D eigenvalue weighted by atomic mass is 16.4. The van der Waals surface area contributed by atoms with Crippen molar-refractivity contribution in [2.45, 2.75) is 6.04 Å². The van der Waals surface area contributed by atoms with Crippen LogP contribution in [0.1, 0.15) is 11.6 Å². The number of aromatic nitrogens is 1. The third-order valence-corrected chi connectivity index (χ3v) is 7.28. The zero-order valence-corrected chi connectivity index (χ0v) is 20.4. The van der Waals surface area contributed by atoms with E-state index in [0.717, 1.165) is 60.7 Å². The fourth-order valence-corrected chi connectivity index (χ4v) is 5.44. The number of hydrogen-bond donors (Lipinski definition) is 1. The smallest absolute Gasteiger partial charge is 0.331 e. The van der Waals surface area contributed by atoms with Crippen LogP contribution in [-0.4, -0.2) is 15.6 Å². The predicted molar refractivity (Wildman–Crippen MR) is 152 cm³/mol. The third kappa shape index (κ3) is 3.58. The van der Waals surface area contributed by atoms with E-state index in [1.54, 1.807) is 0 Å². The Labute approximate surface area is 219 Å². The molecule has 0 radical (unpaired) electrons. The summed E-state index contributed by atoms with van der Waals surface area (Å²) in [6, 6.07) is 39.6. The Morgan fingerprint density at radius 2 is 1.39 bits per heavy atom. The Bertz CT molecular complexity index is 1950. The number of rotatable bonds is 5. The fourth-order valence-electron chi connectivity index (χ4n) is 5.44. The van der Waals surface area contributed by atoms with Crippen LogP contribution in [0.25, 0.3) is 55.1 Å². The molecule has 5 aromatic carbocycles. The van der Waals surface area contributed by atoms with E-state index in [9.17, 15) is 9.90 Å². The average molecular weight is 494 g/mol. The van der Waals surface area contributed by atoms with Gasteiger partial charge < -0.3 is 14.1 Å². The van der Waals surface area contributed by atoms with Crippen molar-refractivity contribution >= 4 is 38.8 Å². The summed E-state index contributed by atoms with van der Waals surface area (Å²) in [5.41, 5.74) is 7.76. The van der Waals surface area contributed by atoms with Gasteiger partial charge in [-0.3, -0.25) is 0 Å².